The predicted molar refractivity (Wildman–Crippen MR) is 168 cm³/mol. The van der Waals surface area contributed by atoms with Crippen molar-refractivity contribution in [3.8, 4) is 0 Å². The van der Waals surface area contributed by atoms with Gasteiger partial charge in [-0.15, -0.1) is 0 Å². The maximum absolute atomic E-state index is 13.7. The molecule has 0 aromatic carbocycles. The van der Waals surface area contributed by atoms with Gasteiger partial charge in [0.05, 0.1) is 12.1 Å². The van der Waals surface area contributed by atoms with Crippen LogP contribution < -0.4 is 16.4 Å². The number of carbonyl (C=O) groups excluding carboxylic acids is 5. The Morgan fingerprint density at radius 1 is 0.595 bits per heavy atom. The van der Waals surface area contributed by atoms with Gasteiger partial charge in [0.1, 0.15) is 24.4 Å². The van der Waals surface area contributed by atoms with Crippen molar-refractivity contribution >= 4 is 29.9 Å². The number of nitrogens with zero attached hydrogens (tertiary/aromatic N) is 2. The van der Waals surface area contributed by atoms with E-state index >= 15 is 0 Å². The summed E-state index contributed by atoms with van der Waals surface area (Å²) in [7, 11) is 3.17. The van der Waals surface area contributed by atoms with E-state index in [0.29, 0.717) is 32.1 Å². The second-order valence-electron chi connectivity index (χ2n) is 14.0. The average molecular weight is 596 g/mol. The van der Waals surface area contributed by atoms with E-state index in [4.69, 9.17) is 5.73 Å². The monoisotopic (exact) mass is 595 g/mol. The minimum absolute atomic E-state index is 0.0656. The van der Waals surface area contributed by atoms with Crippen LogP contribution in [-0.4, -0.2) is 84.0 Å². The van der Waals surface area contributed by atoms with Gasteiger partial charge in [0.25, 0.3) is 0 Å². The number of amides is 4. The molecule has 0 heterocycles. The largest absolute Gasteiger partial charge is 0.343 e. The van der Waals surface area contributed by atoms with E-state index in [1.54, 1.807) is 14.1 Å². The second-order valence-corrected chi connectivity index (χ2v) is 14.0. The van der Waals surface area contributed by atoms with Gasteiger partial charge in [-0.25, -0.2) is 0 Å². The van der Waals surface area contributed by atoms with Crippen molar-refractivity contribution < 1.29 is 24.0 Å². The number of carbonyl (C=O) groups is 5. The minimum Gasteiger partial charge on any atom is -0.343 e. The zero-order valence-corrected chi connectivity index (χ0v) is 28.4. The minimum atomic E-state index is -0.912. The Morgan fingerprint density at radius 2 is 1.02 bits per heavy atom. The first-order chi connectivity index (χ1) is 19.3. The zero-order chi connectivity index (χ0) is 32.9. The summed E-state index contributed by atoms with van der Waals surface area (Å²) in [5.41, 5.74) is 6.16. The molecule has 5 atom stereocenters. The standard InChI is InChI=1S/C32H61N5O5/c1-19(2)13-24(18-38)36(11)32(42)27(16-22(7)8)35-29(39)26(15-21(5)6)34-30(40)28(17-23(9)10)37(12)31(41)25(33)14-20(3)4/h18-28H,13-17,33H2,1-12H3,(H,34,40)(H,35,39)/t24-,25-,26-,27-,28-/m0/s1. The molecule has 0 saturated carbocycles. The van der Waals surface area contributed by atoms with Crippen LogP contribution >= 0.6 is 0 Å². The molecule has 0 bridgehead atoms. The summed E-state index contributed by atoms with van der Waals surface area (Å²) in [5.74, 6) is -0.854. The summed E-state index contributed by atoms with van der Waals surface area (Å²) >= 11 is 0. The van der Waals surface area contributed by atoms with Crippen LogP contribution in [0.5, 0.6) is 0 Å². The molecule has 0 aromatic rings. The normalized spacial score (nSPS) is 15.4. The van der Waals surface area contributed by atoms with Crippen molar-refractivity contribution in [3.05, 3.63) is 0 Å². The Kier molecular flexibility index (Phi) is 17.8. The summed E-state index contributed by atoms with van der Waals surface area (Å²) < 4.78 is 0. The molecule has 0 rings (SSSR count). The first-order valence-electron chi connectivity index (χ1n) is 15.7. The molecule has 4 N–H and O–H groups in total. The highest BCUT2D eigenvalue weighted by Gasteiger charge is 2.35. The molecular formula is C32H61N5O5. The lowest BCUT2D eigenvalue weighted by Gasteiger charge is -2.33. The van der Waals surface area contributed by atoms with Gasteiger partial charge in [0.2, 0.25) is 23.6 Å². The van der Waals surface area contributed by atoms with Crippen molar-refractivity contribution in [3.63, 3.8) is 0 Å². The van der Waals surface area contributed by atoms with Crippen molar-refractivity contribution in [2.24, 2.45) is 35.3 Å². The number of hydrogen-bond acceptors (Lipinski definition) is 6. The molecule has 10 heteroatoms. The Hall–Kier alpha value is -2.49. The Balaban J connectivity index is 6.07. The molecule has 0 aliphatic carbocycles. The summed E-state index contributed by atoms with van der Waals surface area (Å²) in [4.78, 5) is 68.5. The summed E-state index contributed by atoms with van der Waals surface area (Å²) in [6.45, 7) is 19.7. The third-order valence-electron chi connectivity index (χ3n) is 7.23. The molecular weight excluding hydrogens is 534 g/mol. The van der Waals surface area contributed by atoms with Gasteiger partial charge >= 0.3 is 0 Å². The lowest BCUT2D eigenvalue weighted by Crippen LogP contribution is -2.59. The molecule has 0 unspecified atom stereocenters. The fourth-order valence-corrected chi connectivity index (χ4v) is 5.04. The van der Waals surface area contributed by atoms with E-state index in [0.717, 1.165) is 6.29 Å². The average Bonchev–Trinajstić information content (AvgIpc) is 2.86. The third-order valence-corrected chi connectivity index (χ3v) is 7.23. The quantitative estimate of drug-likeness (QED) is 0.196. The Labute approximate surface area is 255 Å². The van der Waals surface area contributed by atoms with E-state index in [2.05, 4.69) is 10.6 Å². The van der Waals surface area contributed by atoms with Gasteiger partial charge in [-0.05, 0) is 61.7 Å². The van der Waals surface area contributed by atoms with Gasteiger partial charge in [-0.1, -0.05) is 69.2 Å². The fraction of sp³-hybridized carbons (Fsp3) is 0.844. The number of nitrogens with two attached hydrogens (primary N) is 1. The topological polar surface area (TPSA) is 142 Å². The van der Waals surface area contributed by atoms with Crippen LogP contribution in [0.25, 0.3) is 0 Å². The fourth-order valence-electron chi connectivity index (χ4n) is 5.04. The highest BCUT2D eigenvalue weighted by molar-refractivity contribution is 5.95. The molecule has 0 aliphatic rings. The molecule has 10 nitrogen and oxygen atoms in total. The maximum atomic E-state index is 13.7. The van der Waals surface area contributed by atoms with Gasteiger partial charge in [-0.3, -0.25) is 19.2 Å². The predicted octanol–water partition coefficient (Wildman–Crippen LogP) is 3.37. The summed E-state index contributed by atoms with van der Waals surface area (Å²) in [6, 6.07) is -3.89. The highest BCUT2D eigenvalue weighted by atomic mass is 16.2. The van der Waals surface area contributed by atoms with Crippen LogP contribution in [0.4, 0.5) is 0 Å². The van der Waals surface area contributed by atoms with Crippen LogP contribution in [0.2, 0.25) is 0 Å². The van der Waals surface area contributed by atoms with Gasteiger partial charge in [0.15, 0.2) is 0 Å². The molecule has 0 saturated heterocycles. The number of aldehydes is 1. The first-order valence-corrected chi connectivity index (χ1v) is 15.7. The molecule has 0 aromatic heterocycles. The Bertz CT molecular complexity index is 873. The third kappa shape index (κ3) is 14.1. The Morgan fingerprint density at radius 3 is 1.45 bits per heavy atom. The van der Waals surface area contributed by atoms with Crippen molar-refractivity contribution in [1.82, 2.24) is 20.4 Å². The van der Waals surface area contributed by atoms with Crippen molar-refractivity contribution in [2.45, 2.75) is 132 Å². The maximum Gasteiger partial charge on any atom is 0.245 e. The molecule has 244 valence electrons. The van der Waals surface area contributed by atoms with Crippen LogP contribution in [0.3, 0.4) is 0 Å². The molecule has 0 spiro atoms. The molecule has 0 radical (unpaired) electrons. The van der Waals surface area contributed by atoms with Gasteiger partial charge in [0, 0.05) is 14.1 Å². The molecule has 0 aliphatic heterocycles. The molecule has 4 amide bonds. The highest BCUT2D eigenvalue weighted by Crippen LogP contribution is 2.17. The molecule has 42 heavy (non-hydrogen) atoms. The van der Waals surface area contributed by atoms with E-state index in [1.807, 2.05) is 69.2 Å². The van der Waals surface area contributed by atoms with E-state index in [1.165, 1.54) is 9.80 Å². The lowest BCUT2D eigenvalue weighted by atomic mass is 9.97. The smallest absolute Gasteiger partial charge is 0.245 e. The second kappa shape index (κ2) is 18.9. The van der Waals surface area contributed by atoms with E-state index in [9.17, 15) is 24.0 Å². The lowest BCUT2D eigenvalue weighted by molar-refractivity contribution is -0.142. The number of hydrogen-bond donors (Lipinski definition) is 3. The van der Waals surface area contributed by atoms with Crippen LogP contribution in [0.1, 0.15) is 101 Å². The summed E-state index contributed by atoms with van der Waals surface area (Å²) in [6.07, 6.45) is 2.92. The van der Waals surface area contributed by atoms with Crippen molar-refractivity contribution in [1.29, 1.82) is 0 Å². The number of rotatable bonds is 19. The van der Waals surface area contributed by atoms with Crippen LogP contribution in [0, 0.1) is 29.6 Å². The van der Waals surface area contributed by atoms with Crippen LogP contribution in [0.15, 0.2) is 0 Å². The number of nitrogens with one attached hydrogen (secondary N) is 2. The number of likely N-dealkylation sites (N-methyl/N-ethyl adjacent to an activating group) is 2. The van der Waals surface area contributed by atoms with Crippen molar-refractivity contribution in [2.75, 3.05) is 14.1 Å². The van der Waals surface area contributed by atoms with Gasteiger partial charge < -0.3 is 31.0 Å². The SMILES string of the molecule is CC(C)C[C@H](NC(=O)[C@H](CC(C)C)N(C)C(=O)[C@@H](N)CC(C)C)C(=O)N[C@@H](CC(C)C)C(=O)N(C)[C@H](C=O)CC(C)C. The first kappa shape index (κ1) is 39.5. The van der Waals surface area contributed by atoms with Crippen LogP contribution in [-0.2, 0) is 24.0 Å². The zero-order valence-electron chi connectivity index (χ0n) is 28.4. The van der Waals surface area contributed by atoms with Gasteiger partial charge in [-0.2, -0.15) is 0 Å². The van der Waals surface area contributed by atoms with E-state index in [-0.39, 0.29) is 41.4 Å². The summed E-state index contributed by atoms with van der Waals surface area (Å²) in [5, 5.41) is 5.77. The molecule has 0 fully saturated rings. The van der Waals surface area contributed by atoms with E-state index < -0.39 is 42.0 Å².